The third-order valence-corrected chi connectivity index (χ3v) is 2.46. The van der Waals surface area contributed by atoms with Crippen LogP contribution in [0.5, 0.6) is 0 Å². The highest BCUT2D eigenvalue weighted by Crippen LogP contribution is 2.04. The quantitative estimate of drug-likeness (QED) is 0.640. The van der Waals surface area contributed by atoms with Gasteiger partial charge in [0, 0.05) is 12.6 Å². The van der Waals surface area contributed by atoms with E-state index in [4.69, 9.17) is 0 Å². The van der Waals surface area contributed by atoms with Gasteiger partial charge < -0.3 is 5.32 Å². The summed E-state index contributed by atoms with van der Waals surface area (Å²) in [5, 5.41) is 3.43. The average Bonchev–Trinajstić information content (AvgIpc) is 2.31. The number of nitrogens with one attached hydrogen (secondary N) is 1. The molecule has 88 valence electrons. The number of hydrogen-bond donors (Lipinski definition) is 1. The third kappa shape index (κ3) is 5.52. The van der Waals surface area contributed by atoms with Crippen LogP contribution in [0.3, 0.4) is 0 Å². The molecule has 0 aromatic carbocycles. The van der Waals surface area contributed by atoms with Gasteiger partial charge in [0.05, 0.1) is 0 Å². The van der Waals surface area contributed by atoms with Crippen LogP contribution in [0, 0.1) is 0 Å². The molecular weight excluding hydrogens is 194 g/mol. The molecule has 1 atom stereocenters. The van der Waals surface area contributed by atoms with E-state index in [1.165, 1.54) is 11.1 Å². The molecule has 0 aromatic rings. The molecule has 0 spiro atoms. The second kappa shape index (κ2) is 8.93. The van der Waals surface area contributed by atoms with Gasteiger partial charge in [-0.25, -0.2) is 0 Å². The number of rotatable bonds is 7. The zero-order valence-electron chi connectivity index (χ0n) is 10.7. The fourth-order valence-electron chi connectivity index (χ4n) is 1.28. The highest BCUT2D eigenvalue weighted by molar-refractivity contribution is 5.27. The summed E-state index contributed by atoms with van der Waals surface area (Å²) in [6, 6.07) is 0.295. The van der Waals surface area contributed by atoms with Gasteiger partial charge in [-0.2, -0.15) is 0 Å². The van der Waals surface area contributed by atoms with Gasteiger partial charge in [0.2, 0.25) is 0 Å². The highest BCUT2D eigenvalue weighted by Gasteiger charge is 2.03. The van der Waals surface area contributed by atoms with Crippen LogP contribution in [0.4, 0.5) is 0 Å². The molecule has 0 bridgehead atoms. The molecule has 0 saturated carbocycles. The van der Waals surface area contributed by atoms with Gasteiger partial charge in [0.25, 0.3) is 0 Å². The lowest BCUT2D eigenvalue weighted by Crippen LogP contribution is -2.28. The van der Waals surface area contributed by atoms with Gasteiger partial charge in [0.1, 0.15) is 0 Å². The summed E-state index contributed by atoms with van der Waals surface area (Å²) in [6.45, 7) is 14.6. The predicted molar refractivity (Wildman–Crippen MR) is 74.5 cm³/mol. The normalized spacial score (nSPS) is 15.2. The minimum absolute atomic E-state index is 0.295. The molecule has 0 aliphatic carbocycles. The highest BCUT2D eigenvalue weighted by atomic mass is 14.9. The summed E-state index contributed by atoms with van der Waals surface area (Å²) < 4.78 is 0. The van der Waals surface area contributed by atoms with E-state index >= 15 is 0 Å². The van der Waals surface area contributed by atoms with Crippen molar-refractivity contribution in [1.29, 1.82) is 0 Å². The maximum atomic E-state index is 3.83. The summed E-state index contributed by atoms with van der Waals surface area (Å²) in [5.74, 6) is 0. The van der Waals surface area contributed by atoms with Crippen molar-refractivity contribution in [2.45, 2.75) is 26.8 Å². The smallest absolute Gasteiger partial charge is 0.0294 e. The van der Waals surface area contributed by atoms with Crippen LogP contribution in [-0.4, -0.2) is 12.6 Å². The molecule has 0 aromatic heterocycles. The van der Waals surface area contributed by atoms with Crippen molar-refractivity contribution in [1.82, 2.24) is 5.32 Å². The Morgan fingerprint density at radius 3 is 2.38 bits per heavy atom. The van der Waals surface area contributed by atoms with Crippen molar-refractivity contribution in [3.05, 3.63) is 60.8 Å². The molecule has 1 heteroatoms. The van der Waals surface area contributed by atoms with Gasteiger partial charge in [-0.1, -0.05) is 49.6 Å². The Morgan fingerprint density at radius 1 is 1.25 bits per heavy atom. The van der Waals surface area contributed by atoms with Crippen molar-refractivity contribution < 1.29 is 0 Å². The van der Waals surface area contributed by atoms with E-state index in [1.54, 1.807) is 0 Å². The largest absolute Gasteiger partial charge is 0.306 e. The van der Waals surface area contributed by atoms with Gasteiger partial charge in [0.15, 0.2) is 0 Å². The van der Waals surface area contributed by atoms with Crippen LogP contribution in [0.25, 0.3) is 0 Å². The van der Waals surface area contributed by atoms with Gasteiger partial charge in [-0.15, -0.1) is 0 Å². The summed E-state index contributed by atoms with van der Waals surface area (Å²) in [7, 11) is 0. The fraction of sp³-hybridized carbons (Fsp3) is 0.333. The Morgan fingerprint density at radius 2 is 1.94 bits per heavy atom. The molecular formula is C15H23N. The maximum Gasteiger partial charge on any atom is 0.0294 e. The van der Waals surface area contributed by atoms with Crippen LogP contribution in [-0.2, 0) is 0 Å². The molecule has 0 amide bonds. The lowest BCUT2D eigenvalue weighted by Gasteiger charge is -2.15. The van der Waals surface area contributed by atoms with E-state index in [0.717, 1.165) is 6.54 Å². The molecule has 0 fully saturated rings. The van der Waals surface area contributed by atoms with E-state index in [0.29, 0.717) is 6.04 Å². The molecule has 16 heavy (non-hydrogen) atoms. The standard InChI is InChI=1S/C15H23N/c1-6-10-11-15(9-4)13(5)16-12-14(7-2)8-3/h6-11,13,16H,2,4,12H2,1,3,5H3/b10-6-,14-8+,15-11+. The molecule has 1 N–H and O–H groups in total. The molecule has 0 aliphatic rings. The van der Waals surface area contributed by atoms with E-state index < -0.39 is 0 Å². The van der Waals surface area contributed by atoms with Gasteiger partial charge >= 0.3 is 0 Å². The number of allylic oxidation sites excluding steroid dienone is 4. The SMILES string of the molecule is C=C/C(=C\C)CNC(C)/C(C=C)=C/C=C\C. The first-order valence-electron chi connectivity index (χ1n) is 5.65. The van der Waals surface area contributed by atoms with Crippen molar-refractivity contribution in [2.75, 3.05) is 6.54 Å². The molecule has 0 rings (SSSR count). The Labute approximate surface area is 100.0 Å². The zero-order chi connectivity index (χ0) is 12.4. The molecule has 0 heterocycles. The summed E-state index contributed by atoms with van der Waals surface area (Å²) >= 11 is 0. The van der Waals surface area contributed by atoms with E-state index in [2.05, 4.69) is 37.6 Å². The zero-order valence-corrected chi connectivity index (χ0v) is 10.7. The van der Waals surface area contributed by atoms with Crippen molar-refractivity contribution in [2.24, 2.45) is 0 Å². The molecule has 0 radical (unpaired) electrons. The Kier molecular flexibility index (Phi) is 8.18. The predicted octanol–water partition coefficient (Wildman–Crippen LogP) is 3.79. The van der Waals surface area contributed by atoms with Gasteiger partial charge in [-0.3, -0.25) is 0 Å². The minimum Gasteiger partial charge on any atom is -0.306 e. The second-order valence-corrected chi connectivity index (χ2v) is 3.57. The lowest BCUT2D eigenvalue weighted by molar-refractivity contribution is 0.657. The first-order chi connectivity index (χ1) is 7.69. The van der Waals surface area contributed by atoms with E-state index in [9.17, 15) is 0 Å². The third-order valence-electron chi connectivity index (χ3n) is 2.46. The second-order valence-electron chi connectivity index (χ2n) is 3.57. The molecule has 0 saturated heterocycles. The van der Waals surface area contributed by atoms with E-state index in [1.807, 2.05) is 38.2 Å². The van der Waals surface area contributed by atoms with Crippen LogP contribution in [0.1, 0.15) is 20.8 Å². The lowest BCUT2D eigenvalue weighted by atomic mass is 10.1. The molecule has 1 unspecified atom stereocenters. The van der Waals surface area contributed by atoms with E-state index in [-0.39, 0.29) is 0 Å². The van der Waals surface area contributed by atoms with Crippen molar-refractivity contribution >= 4 is 0 Å². The van der Waals surface area contributed by atoms with Crippen LogP contribution >= 0.6 is 0 Å². The summed E-state index contributed by atoms with van der Waals surface area (Å²) in [4.78, 5) is 0. The topological polar surface area (TPSA) is 12.0 Å². The van der Waals surface area contributed by atoms with Crippen LogP contribution in [0.15, 0.2) is 60.8 Å². The fourth-order valence-corrected chi connectivity index (χ4v) is 1.28. The minimum atomic E-state index is 0.295. The van der Waals surface area contributed by atoms with Crippen molar-refractivity contribution in [3.8, 4) is 0 Å². The first kappa shape index (κ1) is 14.7. The molecule has 1 nitrogen and oxygen atoms in total. The Hall–Kier alpha value is -1.34. The van der Waals surface area contributed by atoms with Crippen LogP contribution in [0.2, 0.25) is 0 Å². The first-order valence-corrected chi connectivity index (χ1v) is 5.65. The van der Waals surface area contributed by atoms with Crippen molar-refractivity contribution in [3.63, 3.8) is 0 Å². The Balaban J connectivity index is 4.38. The molecule has 0 aliphatic heterocycles. The summed E-state index contributed by atoms with van der Waals surface area (Å²) in [5.41, 5.74) is 2.40. The summed E-state index contributed by atoms with van der Waals surface area (Å²) in [6.07, 6.45) is 11.9. The van der Waals surface area contributed by atoms with Gasteiger partial charge in [-0.05, 0) is 31.9 Å². The maximum absolute atomic E-state index is 3.83. The monoisotopic (exact) mass is 217 g/mol. The Bertz CT molecular complexity index is 305. The number of hydrogen-bond acceptors (Lipinski definition) is 1. The average molecular weight is 217 g/mol. The van der Waals surface area contributed by atoms with Crippen LogP contribution < -0.4 is 5.32 Å².